The Bertz CT molecular complexity index is 114. The van der Waals surface area contributed by atoms with Crippen LogP contribution in [-0.2, 0) is 0 Å². The predicted octanol–water partition coefficient (Wildman–Crippen LogP) is 0.623. The Kier molecular flexibility index (Phi) is 1.50. The number of hydrogen-bond acceptors (Lipinski definition) is 2. The number of nitriles is 1. The van der Waals surface area contributed by atoms with Crippen molar-refractivity contribution >= 4 is 0 Å². The summed E-state index contributed by atoms with van der Waals surface area (Å²) in [5, 5.41) is 8.38. The van der Waals surface area contributed by atoms with Crippen LogP contribution in [0, 0.1) is 23.8 Å². The first kappa shape index (κ1) is 5.58. The van der Waals surface area contributed by atoms with E-state index < -0.39 is 0 Å². The fourth-order valence-electron chi connectivity index (χ4n) is 0.897. The first-order valence-electron chi connectivity index (χ1n) is 2.78. The summed E-state index contributed by atoms with van der Waals surface area (Å²) in [6.45, 7) is 3.01. The zero-order chi connectivity index (χ0) is 5.98. The Balaban J connectivity index is 2.35. The molecule has 1 radical (unpaired) electrons. The van der Waals surface area contributed by atoms with Crippen molar-refractivity contribution < 1.29 is 0 Å². The minimum atomic E-state index is 0.181. The van der Waals surface area contributed by atoms with Crippen molar-refractivity contribution in [1.82, 2.24) is 4.90 Å². The lowest BCUT2D eigenvalue weighted by molar-refractivity contribution is 0.471. The Labute approximate surface area is 49.7 Å². The van der Waals surface area contributed by atoms with Gasteiger partial charge in [0.2, 0.25) is 0 Å². The second-order valence-corrected chi connectivity index (χ2v) is 2.15. The maximum atomic E-state index is 8.38. The molecule has 0 N–H and O–H groups in total. The van der Waals surface area contributed by atoms with Crippen LogP contribution in [0.1, 0.15) is 6.42 Å². The van der Waals surface area contributed by atoms with Crippen LogP contribution >= 0.6 is 0 Å². The third-order valence-corrected chi connectivity index (χ3v) is 1.39. The molecule has 1 heterocycles. The van der Waals surface area contributed by atoms with Gasteiger partial charge >= 0.3 is 0 Å². The average Bonchev–Trinajstić information content (AvgIpc) is 2.14. The fraction of sp³-hybridized carbons (Fsp3) is 0.667. The molecule has 2 heteroatoms. The van der Waals surface area contributed by atoms with E-state index >= 15 is 0 Å². The number of likely N-dealkylation sites (tertiary alicyclic amines) is 1. The highest BCUT2D eigenvalue weighted by Gasteiger charge is 2.18. The highest BCUT2D eigenvalue weighted by Crippen LogP contribution is 2.16. The molecule has 0 aliphatic carbocycles. The normalized spacial score (nSPS) is 30.2. The third kappa shape index (κ3) is 0.988. The van der Waals surface area contributed by atoms with Gasteiger partial charge in [0.05, 0.1) is 12.0 Å². The van der Waals surface area contributed by atoms with Crippen molar-refractivity contribution in [3.8, 4) is 6.07 Å². The van der Waals surface area contributed by atoms with E-state index in [-0.39, 0.29) is 5.92 Å². The largest absolute Gasteiger partial charge is 0.300 e. The van der Waals surface area contributed by atoms with Crippen LogP contribution < -0.4 is 0 Å². The van der Waals surface area contributed by atoms with E-state index in [0.717, 1.165) is 13.0 Å². The minimum Gasteiger partial charge on any atom is -0.300 e. The second kappa shape index (κ2) is 2.15. The maximum Gasteiger partial charge on any atom is 0.0673 e. The van der Waals surface area contributed by atoms with Gasteiger partial charge in [0, 0.05) is 6.54 Å². The molecule has 0 spiro atoms. The third-order valence-electron chi connectivity index (χ3n) is 1.39. The van der Waals surface area contributed by atoms with Gasteiger partial charge in [0.25, 0.3) is 0 Å². The van der Waals surface area contributed by atoms with E-state index in [9.17, 15) is 0 Å². The van der Waals surface area contributed by atoms with Gasteiger partial charge in [-0.3, -0.25) is 0 Å². The molecule has 0 aromatic rings. The monoisotopic (exact) mass is 109 g/mol. The molecule has 1 aliphatic heterocycles. The lowest BCUT2D eigenvalue weighted by atomic mass is 10.1. The molecule has 43 valence electrons. The van der Waals surface area contributed by atoms with E-state index in [4.69, 9.17) is 5.26 Å². The van der Waals surface area contributed by atoms with Crippen molar-refractivity contribution in [2.75, 3.05) is 13.6 Å². The quantitative estimate of drug-likeness (QED) is 0.456. The summed E-state index contributed by atoms with van der Waals surface area (Å²) in [4.78, 5) is 2.06. The standard InChI is InChI=1S/C6H9N2/c1-8-3-2-6(4-7)5-8/h5-6H,2-3H2,1H3. The van der Waals surface area contributed by atoms with Crippen molar-refractivity contribution in [2.45, 2.75) is 6.42 Å². The fourth-order valence-corrected chi connectivity index (χ4v) is 0.897. The summed E-state index contributed by atoms with van der Waals surface area (Å²) in [7, 11) is 2.00. The summed E-state index contributed by atoms with van der Waals surface area (Å²) in [6.07, 6.45) is 1.01. The summed E-state index contributed by atoms with van der Waals surface area (Å²) >= 11 is 0. The molecule has 1 rings (SSSR count). The molecule has 2 nitrogen and oxygen atoms in total. The van der Waals surface area contributed by atoms with Crippen molar-refractivity contribution in [2.24, 2.45) is 5.92 Å². The summed E-state index contributed by atoms with van der Waals surface area (Å²) < 4.78 is 0. The Morgan fingerprint density at radius 2 is 2.62 bits per heavy atom. The smallest absolute Gasteiger partial charge is 0.0673 e. The van der Waals surface area contributed by atoms with Crippen LogP contribution in [0.25, 0.3) is 0 Å². The lowest BCUT2D eigenvalue weighted by Crippen LogP contribution is -2.07. The highest BCUT2D eigenvalue weighted by atomic mass is 15.1. The van der Waals surface area contributed by atoms with Gasteiger partial charge in [0.15, 0.2) is 0 Å². The molecule has 0 amide bonds. The molecule has 0 aromatic heterocycles. The molecule has 0 aromatic carbocycles. The van der Waals surface area contributed by atoms with Gasteiger partial charge < -0.3 is 4.90 Å². The Morgan fingerprint density at radius 3 is 2.88 bits per heavy atom. The van der Waals surface area contributed by atoms with Gasteiger partial charge in [-0.1, -0.05) is 0 Å². The van der Waals surface area contributed by atoms with Crippen molar-refractivity contribution in [1.29, 1.82) is 5.26 Å². The number of hydrogen-bond donors (Lipinski definition) is 0. The maximum absolute atomic E-state index is 8.38. The van der Waals surface area contributed by atoms with Crippen LogP contribution in [0.5, 0.6) is 0 Å². The topological polar surface area (TPSA) is 27.0 Å². The predicted molar refractivity (Wildman–Crippen MR) is 30.6 cm³/mol. The van der Waals surface area contributed by atoms with Crippen molar-refractivity contribution in [3.63, 3.8) is 0 Å². The van der Waals surface area contributed by atoms with Crippen molar-refractivity contribution in [3.05, 3.63) is 6.54 Å². The summed E-state index contributed by atoms with van der Waals surface area (Å²) in [5.74, 6) is 0.181. The zero-order valence-electron chi connectivity index (χ0n) is 4.96. The Morgan fingerprint density at radius 1 is 1.88 bits per heavy atom. The highest BCUT2D eigenvalue weighted by molar-refractivity contribution is 4.97. The first-order valence-corrected chi connectivity index (χ1v) is 2.78. The number of rotatable bonds is 0. The first-order chi connectivity index (χ1) is 3.83. The van der Waals surface area contributed by atoms with Crippen LogP contribution in [-0.4, -0.2) is 18.5 Å². The van der Waals surface area contributed by atoms with Crippen LogP contribution in [0.2, 0.25) is 0 Å². The molecular weight excluding hydrogens is 100 g/mol. The van der Waals surface area contributed by atoms with Crippen LogP contribution in [0.3, 0.4) is 0 Å². The van der Waals surface area contributed by atoms with Gasteiger partial charge in [-0.2, -0.15) is 5.26 Å². The van der Waals surface area contributed by atoms with Crippen LogP contribution in [0.15, 0.2) is 0 Å². The van der Waals surface area contributed by atoms with Gasteiger partial charge in [-0.05, 0) is 20.0 Å². The lowest BCUT2D eigenvalue weighted by Gasteiger charge is -2.01. The molecule has 1 saturated heterocycles. The molecule has 1 atom stereocenters. The van der Waals surface area contributed by atoms with E-state index in [2.05, 4.69) is 11.0 Å². The zero-order valence-corrected chi connectivity index (χ0v) is 4.96. The molecule has 1 fully saturated rings. The molecule has 1 unspecified atom stereocenters. The SMILES string of the molecule is CN1[CH]C(C#N)CC1. The molecular formula is C6H9N2. The van der Waals surface area contributed by atoms with Gasteiger partial charge in [-0.25, -0.2) is 0 Å². The van der Waals surface area contributed by atoms with E-state index in [0.29, 0.717) is 0 Å². The van der Waals surface area contributed by atoms with Gasteiger partial charge in [-0.15, -0.1) is 0 Å². The molecule has 0 bridgehead atoms. The second-order valence-electron chi connectivity index (χ2n) is 2.15. The van der Waals surface area contributed by atoms with Crippen LogP contribution in [0.4, 0.5) is 0 Å². The van der Waals surface area contributed by atoms with Gasteiger partial charge in [0.1, 0.15) is 0 Å². The Hall–Kier alpha value is -0.550. The van der Waals surface area contributed by atoms with E-state index in [1.54, 1.807) is 0 Å². The molecule has 8 heavy (non-hydrogen) atoms. The summed E-state index contributed by atoms with van der Waals surface area (Å²) in [5.41, 5.74) is 0. The van der Waals surface area contributed by atoms with E-state index in [1.807, 2.05) is 13.6 Å². The number of nitrogens with zero attached hydrogens (tertiary/aromatic N) is 2. The van der Waals surface area contributed by atoms with E-state index in [1.165, 1.54) is 0 Å². The molecule has 0 saturated carbocycles. The molecule has 1 aliphatic rings. The average molecular weight is 109 g/mol. The summed E-state index contributed by atoms with van der Waals surface area (Å²) in [6, 6.07) is 2.20. The minimum absolute atomic E-state index is 0.181.